The molecule has 0 unspecified atom stereocenters. The van der Waals surface area contributed by atoms with Crippen LogP contribution in [0, 0.1) is 0 Å². The molecule has 0 saturated carbocycles. The van der Waals surface area contributed by atoms with E-state index in [0.29, 0.717) is 6.42 Å². The second-order valence-electron chi connectivity index (χ2n) is 2.97. The van der Waals surface area contributed by atoms with Crippen LogP contribution in [0.25, 0.3) is 0 Å². The highest BCUT2D eigenvalue weighted by molar-refractivity contribution is 7.80. The zero-order valence-electron chi connectivity index (χ0n) is 7.70. The van der Waals surface area contributed by atoms with Gasteiger partial charge in [0, 0.05) is 4.90 Å². The number of rotatable bonds is 4. The first kappa shape index (κ1) is 10.6. The van der Waals surface area contributed by atoms with Gasteiger partial charge < -0.3 is 10.4 Å². The van der Waals surface area contributed by atoms with E-state index in [0.717, 1.165) is 17.0 Å². The normalized spacial score (nSPS) is 12.8. The fourth-order valence-corrected chi connectivity index (χ4v) is 1.52. The lowest BCUT2D eigenvalue weighted by atomic mass is 10.1. The van der Waals surface area contributed by atoms with Crippen molar-refractivity contribution in [2.45, 2.75) is 17.4 Å². The number of aliphatic hydroxyl groups is 1. The van der Waals surface area contributed by atoms with Gasteiger partial charge in [0.2, 0.25) is 0 Å². The van der Waals surface area contributed by atoms with Crippen LogP contribution in [0.1, 0.15) is 18.1 Å². The first-order chi connectivity index (χ1) is 6.25. The summed E-state index contributed by atoms with van der Waals surface area (Å²) in [4.78, 5) is 0.853. The van der Waals surface area contributed by atoms with Crippen LogP contribution in [0.5, 0.6) is 0 Å². The summed E-state index contributed by atoms with van der Waals surface area (Å²) >= 11 is 4.28. The number of hydrogen-bond acceptors (Lipinski definition) is 3. The predicted molar refractivity (Wildman–Crippen MR) is 57.2 cm³/mol. The summed E-state index contributed by atoms with van der Waals surface area (Å²) in [7, 11) is 1.87. The van der Waals surface area contributed by atoms with Crippen LogP contribution in [0.2, 0.25) is 0 Å². The van der Waals surface area contributed by atoms with Crippen LogP contribution in [-0.4, -0.2) is 18.7 Å². The second-order valence-corrected chi connectivity index (χ2v) is 3.45. The van der Waals surface area contributed by atoms with Gasteiger partial charge in [-0.2, -0.15) is 0 Å². The molecule has 0 aliphatic heterocycles. The number of nitrogens with one attached hydrogen (secondary N) is 1. The molecule has 0 aliphatic rings. The van der Waals surface area contributed by atoms with Gasteiger partial charge in [-0.25, -0.2) is 0 Å². The van der Waals surface area contributed by atoms with Crippen LogP contribution in [0.3, 0.4) is 0 Å². The Labute approximate surface area is 84.4 Å². The summed E-state index contributed by atoms with van der Waals surface area (Å²) in [5, 5.41) is 12.7. The lowest BCUT2D eigenvalue weighted by Gasteiger charge is -2.12. The minimum absolute atomic E-state index is 0.416. The van der Waals surface area contributed by atoms with Crippen molar-refractivity contribution in [2.75, 3.05) is 13.6 Å². The molecular formula is C10H15NOS. The quantitative estimate of drug-likeness (QED) is 0.641. The zero-order valence-corrected chi connectivity index (χ0v) is 8.59. The van der Waals surface area contributed by atoms with Gasteiger partial charge in [0.15, 0.2) is 0 Å². The molecule has 0 aliphatic carbocycles. The zero-order chi connectivity index (χ0) is 9.68. The van der Waals surface area contributed by atoms with Crippen LogP contribution >= 0.6 is 12.6 Å². The summed E-state index contributed by atoms with van der Waals surface area (Å²) in [6.45, 7) is 0.809. The number of thiol groups is 1. The minimum Gasteiger partial charge on any atom is -0.388 e. The van der Waals surface area contributed by atoms with E-state index in [1.807, 2.05) is 31.3 Å². The van der Waals surface area contributed by atoms with Crippen LogP contribution in [0.4, 0.5) is 0 Å². The topological polar surface area (TPSA) is 32.3 Å². The van der Waals surface area contributed by atoms with Crippen molar-refractivity contribution >= 4 is 12.6 Å². The summed E-state index contributed by atoms with van der Waals surface area (Å²) in [5.41, 5.74) is 0.904. The van der Waals surface area contributed by atoms with Gasteiger partial charge >= 0.3 is 0 Å². The molecule has 0 fully saturated rings. The van der Waals surface area contributed by atoms with E-state index in [1.165, 1.54) is 0 Å². The maximum absolute atomic E-state index is 9.74. The number of aliphatic hydroxyl groups excluding tert-OH is 1. The predicted octanol–water partition coefficient (Wildman–Crippen LogP) is 1.62. The fraction of sp³-hybridized carbons (Fsp3) is 0.400. The van der Waals surface area contributed by atoms with E-state index >= 15 is 0 Å². The smallest absolute Gasteiger partial charge is 0.0812 e. The average molecular weight is 197 g/mol. The first-order valence-corrected chi connectivity index (χ1v) is 4.81. The van der Waals surface area contributed by atoms with Gasteiger partial charge in [-0.15, -0.1) is 12.6 Å². The molecule has 1 aromatic rings. The number of hydrogen-bond donors (Lipinski definition) is 3. The molecular weight excluding hydrogens is 182 g/mol. The molecule has 13 heavy (non-hydrogen) atoms. The maximum Gasteiger partial charge on any atom is 0.0812 e. The molecule has 2 N–H and O–H groups in total. The first-order valence-electron chi connectivity index (χ1n) is 4.36. The summed E-state index contributed by atoms with van der Waals surface area (Å²) < 4.78 is 0. The summed E-state index contributed by atoms with van der Waals surface area (Å²) in [6, 6.07) is 7.62. The van der Waals surface area contributed by atoms with E-state index in [1.54, 1.807) is 0 Å². The standard InChI is InChI=1S/C10H15NOS/c1-11-7-6-9(12)8-4-2-3-5-10(8)13/h2-5,9,11-13H,6-7H2,1H3/t9-/m1/s1. The molecule has 0 heterocycles. The van der Waals surface area contributed by atoms with Gasteiger partial charge in [-0.3, -0.25) is 0 Å². The van der Waals surface area contributed by atoms with Gasteiger partial charge in [-0.05, 0) is 31.6 Å². The highest BCUT2D eigenvalue weighted by atomic mass is 32.1. The molecule has 0 amide bonds. The molecule has 0 spiro atoms. The molecule has 72 valence electrons. The Balaban J connectivity index is 2.65. The van der Waals surface area contributed by atoms with Crippen LogP contribution in [-0.2, 0) is 0 Å². The third-order valence-corrected chi connectivity index (χ3v) is 2.37. The number of benzene rings is 1. The Bertz CT molecular complexity index is 265. The van der Waals surface area contributed by atoms with E-state index in [2.05, 4.69) is 17.9 Å². The Morgan fingerprint density at radius 3 is 2.77 bits per heavy atom. The Kier molecular flexibility index (Phi) is 4.28. The van der Waals surface area contributed by atoms with Crippen molar-refractivity contribution in [2.24, 2.45) is 0 Å². The van der Waals surface area contributed by atoms with Gasteiger partial charge in [0.25, 0.3) is 0 Å². The summed E-state index contributed by atoms with van der Waals surface area (Å²) in [5.74, 6) is 0. The van der Waals surface area contributed by atoms with Crippen molar-refractivity contribution in [3.63, 3.8) is 0 Å². The third kappa shape index (κ3) is 3.03. The minimum atomic E-state index is -0.416. The van der Waals surface area contributed by atoms with Crippen molar-refractivity contribution in [3.05, 3.63) is 29.8 Å². The molecule has 1 rings (SSSR count). The van der Waals surface area contributed by atoms with Crippen molar-refractivity contribution in [1.29, 1.82) is 0 Å². The van der Waals surface area contributed by atoms with Gasteiger partial charge in [0.1, 0.15) is 0 Å². The SMILES string of the molecule is CNCC[C@@H](O)c1ccccc1S. The van der Waals surface area contributed by atoms with Gasteiger partial charge in [0.05, 0.1) is 6.10 Å². The molecule has 0 saturated heterocycles. The van der Waals surface area contributed by atoms with Crippen molar-refractivity contribution in [1.82, 2.24) is 5.32 Å². The highest BCUT2D eigenvalue weighted by Gasteiger charge is 2.08. The van der Waals surface area contributed by atoms with Crippen molar-refractivity contribution in [3.8, 4) is 0 Å². The summed E-state index contributed by atoms with van der Waals surface area (Å²) in [6.07, 6.45) is 0.301. The monoisotopic (exact) mass is 197 g/mol. The molecule has 0 bridgehead atoms. The Morgan fingerprint density at radius 2 is 2.15 bits per heavy atom. The van der Waals surface area contributed by atoms with E-state index < -0.39 is 6.10 Å². The average Bonchev–Trinajstić information content (AvgIpc) is 2.15. The lowest BCUT2D eigenvalue weighted by molar-refractivity contribution is 0.165. The van der Waals surface area contributed by atoms with E-state index in [-0.39, 0.29) is 0 Å². The van der Waals surface area contributed by atoms with Crippen LogP contribution in [0.15, 0.2) is 29.2 Å². The molecule has 0 aromatic heterocycles. The third-order valence-electron chi connectivity index (χ3n) is 1.96. The maximum atomic E-state index is 9.74. The second kappa shape index (κ2) is 5.27. The molecule has 2 nitrogen and oxygen atoms in total. The van der Waals surface area contributed by atoms with E-state index in [9.17, 15) is 5.11 Å². The van der Waals surface area contributed by atoms with Crippen LogP contribution < -0.4 is 5.32 Å². The molecule has 1 aromatic carbocycles. The lowest BCUT2D eigenvalue weighted by Crippen LogP contribution is -2.12. The van der Waals surface area contributed by atoms with Crippen molar-refractivity contribution < 1.29 is 5.11 Å². The molecule has 3 heteroatoms. The Morgan fingerprint density at radius 1 is 1.46 bits per heavy atom. The fourth-order valence-electron chi connectivity index (χ4n) is 1.21. The molecule has 0 radical (unpaired) electrons. The molecule has 1 atom stereocenters. The Hall–Kier alpha value is -0.510. The largest absolute Gasteiger partial charge is 0.388 e. The van der Waals surface area contributed by atoms with E-state index in [4.69, 9.17) is 0 Å². The van der Waals surface area contributed by atoms with Gasteiger partial charge in [-0.1, -0.05) is 18.2 Å². The highest BCUT2D eigenvalue weighted by Crippen LogP contribution is 2.22.